The van der Waals surface area contributed by atoms with Crippen LogP contribution in [-0.2, 0) is 11.2 Å². The minimum atomic E-state index is -1.04. The molecule has 1 saturated heterocycles. The maximum absolute atomic E-state index is 13.1. The molecule has 1 N–H and O–H groups in total. The Kier molecular flexibility index (Phi) is 6.32. The summed E-state index contributed by atoms with van der Waals surface area (Å²) in [6.45, 7) is 0.475. The Morgan fingerprint density at radius 3 is 2.44 bits per heavy atom. The monoisotopic (exact) mass is 488 g/mol. The number of amides is 2. The van der Waals surface area contributed by atoms with Gasteiger partial charge in [0.25, 0.3) is 23.4 Å². The first-order chi connectivity index (χ1) is 16.1. The molecule has 1 aliphatic heterocycles. The van der Waals surface area contributed by atoms with E-state index in [0.29, 0.717) is 19.3 Å². The van der Waals surface area contributed by atoms with Gasteiger partial charge < -0.3 is 14.9 Å². The molecule has 0 saturated carbocycles. The van der Waals surface area contributed by atoms with Gasteiger partial charge in [-0.05, 0) is 30.5 Å². The fraction of sp³-hybridized carbons (Fsp3) is 0.364. The normalized spacial score (nSPS) is 15.4. The van der Waals surface area contributed by atoms with Crippen LogP contribution in [-0.4, -0.2) is 84.9 Å². The van der Waals surface area contributed by atoms with E-state index in [2.05, 4.69) is 15.1 Å². The molecule has 1 fully saturated rings. The summed E-state index contributed by atoms with van der Waals surface area (Å²) in [7, 11) is 2.88. The van der Waals surface area contributed by atoms with Crippen molar-refractivity contribution in [3.05, 3.63) is 58.4 Å². The lowest BCUT2D eigenvalue weighted by Gasteiger charge is -2.38. The predicted molar refractivity (Wildman–Crippen MR) is 119 cm³/mol. The summed E-state index contributed by atoms with van der Waals surface area (Å²) in [5.41, 5.74) is -0.570. The van der Waals surface area contributed by atoms with Gasteiger partial charge in [0.15, 0.2) is 10.8 Å². The molecule has 3 heterocycles. The zero-order valence-corrected chi connectivity index (χ0v) is 19.3. The molecule has 0 spiro atoms. The van der Waals surface area contributed by atoms with Gasteiger partial charge in [-0.3, -0.25) is 14.4 Å². The molecule has 1 aliphatic rings. The van der Waals surface area contributed by atoms with Gasteiger partial charge in [-0.2, -0.15) is 14.6 Å². The molecular formula is C22H22ClFN6O4. The zero-order valence-electron chi connectivity index (χ0n) is 18.5. The van der Waals surface area contributed by atoms with Crippen molar-refractivity contribution in [3.63, 3.8) is 0 Å². The lowest BCUT2D eigenvalue weighted by Crippen LogP contribution is -2.48. The van der Waals surface area contributed by atoms with Gasteiger partial charge in [-0.15, -0.1) is 0 Å². The van der Waals surface area contributed by atoms with Crippen molar-refractivity contribution < 1.29 is 23.9 Å². The number of nitrogens with zero attached hydrogens (tertiary/aromatic N) is 6. The minimum Gasteiger partial charge on any atom is -0.389 e. The zero-order chi connectivity index (χ0) is 24.6. The Morgan fingerprint density at radius 1 is 1.18 bits per heavy atom. The highest BCUT2D eigenvalue weighted by Gasteiger charge is 2.35. The molecule has 2 aromatic heterocycles. The van der Waals surface area contributed by atoms with E-state index >= 15 is 0 Å². The average molecular weight is 489 g/mol. The molecule has 4 rings (SSSR count). The molecule has 0 radical (unpaired) electrons. The van der Waals surface area contributed by atoms with Crippen LogP contribution < -0.4 is 0 Å². The lowest BCUT2D eigenvalue weighted by atomic mass is 9.85. The van der Waals surface area contributed by atoms with Crippen molar-refractivity contribution in [2.75, 3.05) is 27.2 Å². The van der Waals surface area contributed by atoms with E-state index in [-0.39, 0.29) is 41.2 Å². The van der Waals surface area contributed by atoms with Crippen LogP contribution in [0.5, 0.6) is 0 Å². The highest BCUT2D eigenvalue weighted by molar-refractivity contribution is 6.42. The highest BCUT2D eigenvalue weighted by atomic mass is 35.5. The number of Topliss-reactive ketones (excluding diaryl/α,β-unsaturated/α-hetero) is 1. The molecule has 10 nitrogen and oxygen atoms in total. The third kappa shape index (κ3) is 4.62. The molecule has 34 heavy (non-hydrogen) atoms. The molecule has 3 aromatic rings. The van der Waals surface area contributed by atoms with Gasteiger partial charge in [0.1, 0.15) is 11.5 Å². The summed E-state index contributed by atoms with van der Waals surface area (Å²) in [5, 5.41) is 14.9. The first kappa shape index (κ1) is 23.7. The Morgan fingerprint density at radius 2 is 1.82 bits per heavy atom. The number of rotatable bonds is 5. The van der Waals surface area contributed by atoms with Crippen LogP contribution in [0.25, 0.3) is 5.78 Å². The van der Waals surface area contributed by atoms with E-state index in [1.807, 2.05) is 0 Å². The van der Waals surface area contributed by atoms with Gasteiger partial charge in [0.2, 0.25) is 0 Å². The van der Waals surface area contributed by atoms with E-state index in [1.54, 1.807) is 12.1 Å². The van der Waals surface area contributed by atoms with Crippen LogP contribution in [0.2, 0.25) is 5.15 Å². The average Bonchev–Trinajstić information content (AvgIpc) is 3.21. The van der Waals surface area contributed by atoms with E-state index in [4.69, 9.17) is 11.6 Å². The Balaban J connectivity index is 1.52. The van der Waals surface area contributed by atoms with Gasteiger partial charge in [-0.25, -0.2) is 9.37 Å². The van der Waals surface area contributed by atoms with Crippen LogP contribution in [0.3, 0.4) is 0 Å². The first-order valence-corrected chi connectivity index (χ1v) is 10.9. The summed E-state index contributed by atoms with van der Waals surface area (Å²) in [6.07, 6.45) is 2.09. The number of aromatic nitrogens is 4. The fourth-order valence-corrected chi connectivity index (χ4v) is 4.02. The smallest absolute Gasteiger partial charge is 0.296 e. The summed E-state index contributed by atoms with van der Waals surface area (Å²) >= 11 is 6.18. The number of likely N-dealkylation sites (tertiary alicyclic amines) is 1. The second-order valence-electron chi connectivity index (χ2n) is 8.45. The number of carbonyl (C=O) groups is 3. The van der Waals surface area contributed by atoms with Gasteiger partial charge >= 0.3 is 0 Å². The number of carbonyl (C=O) groups excluding carboxylic acids is 3. The summed E-state index contributed by atoms with van der Waals surface area (Å²) < 4.78 is 14.2. The third-order valence-electron chi connectivity index (χ3n) is 5.78. The Bertz CT molecular complexity index is 1270. The van der Waals surface area contributed by atoms with E-state index in [9.17, 15) is 23.9 Å². The number of imidazole rings is 1. The number of piperidine rings is 1. The van der Waals surface area contributed by atoms with Crippen LogP contribution in [0.4, 0.5) is 4.39 Å². The fourth-order valence-electron chi connectivity index (χ4n) is 3.83. The van der Waals surface area contributed by atoms with Crippen molar-refractivity contribution in [1.29, 1.82) is 0 Å². The SMILES string of the molecule is CN(C)C(=O)C(=O)c1cnc2nc(Cl)c(C(=O)N3CCC(O)(Cc4ccc(F)cc4)CC3)nn12. The van der Waals surface area contributed by atoms with Crippen LogP contribution in [0.15, 0.2) is 30.5 Å². The van der Waals surface area contributed by atoms with Crippen LogP contribution >= 0.6 is 11.6 Å². The number of benzene rings is 1. The second-order valence-corrected chi connectivity index (χ2v) is 8.81. The van der Waals surface area contributed by atoms with Gasteiger partial charge in [-0.1, -0.05) is 23.7 Å². The van der Waals surface area contributed by atoms with Crippen molar-refractivity contribution in [2.24, 2.45) is 0 Å². The van der Waals surface area contributed by atoms with E-state index in [1.165, 1.54) is 31.1 Å². The molecule has 12 heteroatoms. The van der Waals surface area contributed by atoms with Crippen molar-refractivity contribution in [2.45, 2.75) is 24.9 Å². The Labute approximate surface area is 199 Å². The number of hydrogen-bond donors (Lipinski definition) is 1. The summed E-state index contributed by atoms with van der Waals surface area (Å²) in [5.74, 6) is -2.52. The number of ketones is 1. The van der Waals surface area contributed by atoms with Crippen molar-refractivity contribution in [1.82, 2.24) is 29.4 Å². The quantitative estimate of drug-likeness (QED) is 0.425. The summed E-state index contributed by atoms with van der Waals surface area (Å²) in [6, 6.07) is 5.94. The number of halogens is 2. The number of hydrogen-bond acceptors (Lipinski definition) is 7. The number of aliphatic hydroxyl groups is 1. The molecule has 178 valence electrons. The van der Waals surface area contributed by atoms with E-state index < -0.39 is 23.2 Å². The lowest BCUT2D eigenvalue weighted by molar-refractivity contribution is -0.124. The number of fused-ring (bicyclic) bond motifs is 1. The summed E-state index contributed by atoms with van der Waals surface area (Å²) in [4.78, 5) is 48.3. The standard InChI is InChI=1S/C22H22ClFN6O4/c1-28(2)20(33)17(31)15-12-25-21-26-18(23)16(27-30(15)21)19(32)29-9-7-22(34,8-10-29)11-13-3-5-14(24)6-4-13/h3-6,12,34H,7-11H2,1-2H3. The van der Waals surface area contributed by atoms with Crippen LogP contribution in [0.1, 0.15) is 39.4 Å². The molecule has 0 bridgehead atoms. The molecule has 0 atom stereocenters. The first-order valence-electron chi connectivity index (χ1n) is 10.5. The molecule has 2 amide bonds. The van der Waals surface area contributed by atoms with Gasteiger partial charge in [0, 0.05) is 33.6 Å². The van der Waals surface area contributed by atoms with Crippen molar-refractivity contribution >= 4 is 35.0 Å². The molecule has 0 aliphatic carbocycles. The third-order valence-corrected chi connectivity index (χ3v) is 6.04. The highest BCUT2D eigenvalue weighted by Crippen LogP contribution is 2.28. The van der Waals surface area contributed by atoms with Crippen LogP contribution in [0, 0.1) is 5.82 Å². The minimum absolute atomic E-state index is 0.0243. The van der Waals surface area contributed by atoms with Gasteiger partial charge in [0.05, 0.1) is 11.8 Å². The maximum atomic E-state index is 13.1. The molecule has 1 aromatic carbocycles. The Hall–Kier alpha value is -3.44. The largest absolute Gasteiger partial charge is 0.389 e. The number of likely N-dealkylation sites (N-methyl/N-ethyl adjacent to an activating group) is 1. The van der Waals surface area contributed by atoms with Crippen molar-refractivity contribution in [3.8, 4) is 0 Å². The molecular weight excluding hydrogens is 467 g/mol. The topological polar surface area (TPSA) is 121 Å². The predicted octanol–water partition coefficient (Wildman–Crippen LogP) is 1.40. The second kappa shape index (κ2) is 9.07. The maximum Gasteiger partial charge on any atom is 0.296 e. The van der Waals surface area contributed by atoms with E-state index in [0.717, 1.165) is 21.2 Å². The molecule has 0 unspecified atom stereocenters.